The van der Waals surface area contributed by atoms with Crippen LogP contribution in [0.15, 0.2) is 24.3 Å². The van der Waals surface area contributed by atoms with E-state index in [-0.39, 0.29) is 18.0 Å². The van der Waals surface area contributed by atoms with Gasteiger partial charge in [-0.3, -0.25) is 4.79 Å². The number of likely N-dealkylation sites (N-methyl/N-ethyl adjacent to an activating group) is 1. The number of hydrogen-bond acceptors (Lipinski definition) is 3. The van der Waals surface area contributed by atoms with Crippen molar-refractivity contribution in [3.63, 3.8) is 0 Å². The lowest BCUT2D eigenvalue weighted by atomic mass is 10.1. The summed E-state index contributed by atoms with van der Waals surface area (Å²) in [6, 6.07) is 7.67. The smallest absolute Gasteiger partial charge is 0.242 e. The monoisotopic (exact) mass is 277 g/mol. The maximum absolute atomic E-state index is 12.3. The molecule has 4 heteroatoms. The van der Waals surface area contributed by atoms with Crippen molar-refractivity contribution in [1.29, 1.82) is 0 Å². The van der Waals surface area contributed by atoms with Crippen molar-refractivity contribution in [2.45, 2.75) is 52.6 Å². The molecule has 0 aliphatic heterocycles. The van der Waals surface area contributed by atoms with E-state index in [2.05, 4.69) is 17.1 Å². The molecule has 20 heavy (non-hydrogen) atoms. The summed E-state index contributed by atoms with van der Waals surface area (Å²) in [5.74, 6) is 0.0650. The molecule has 1 rings (SSSR count). The Bertz CT molecular complexity index is 433. The highest BCUT2D eigenvalue weighted by Crippen LogP contribution is 2.19. The number of rotatable bonds is 7. The maximum Gasteiger partial charge on any atom is 0.242 e. The highest BCUT2D eigenvalue weighted by Gasteiger charge is 2.21. The SMILES string of the molecule is CCCC(C)NC(=O)C(C)N(CC)c1cccc(N)c1. The van der Waals surface area contributed by atoms with Gasteiger partial charge in [0.2, 0.25) is 5.91 Å². The summed E-state index contributed by atoms with van der Waals surface area (Å²) in [6.07, 6.45) is 2.07. The summed E-state index contributed by atoms with van der Waals surface area (Å²) in [6.45, 7) is 8.91. The molecule has 0 saturated carbocycles. The fourth-order valence-electron chi connectivity index (χ4n) is 2.39. The van der Waals surface area contributed by atoms with Gasteiger partial charge in [-0.05, 0) is 45.4 Å². The Kier molecular flexibility index (Phi) is 6.36. The van der Waals surface area contributed by atoms with Crippen LogP contribution in [0.25, 0.3) is 0 Å². The molecule has 112 valence electrons. The quantitative estimate of drug-likeness (QED) is 0.753. The van der Waals surface area contributed by atoms with E-state index in [0.717, 1.165) is 25.1 Å². The average Bonchev–Trinajstić information content (AvgIpc) is 2.39. The first-order valence-corrected chi connectivity index (χ1v) is 7.42. The van der Waals surface area contributed by atoms with Crippen LogP contribution in [-0.4, -0.2) is 24.5 Å². The summed E-state index contributed by atoms with van der Waals surface area (Å²) in [4.78, 5) is 14.4. The highest BCUT2D eigenvalue weighted by atomic mass is 16.2. The molecule has 0 spiro atoms. The Hall–Kier alpha value is -1.71. The molecule has 1 aromatic rings. The van der Waals surface area contributed by atoms with Crippen LogP contribution in [0.5, 0.6) is 0 Å². The van der Waals surface area contributed by atoms with Crippen LogP contribution < -0.4 is 16.0 Å². The zero-order chi connectivity index (χ0) is 15.1. The number of nitrogens with two attached hydrogens (primary N) is 1. The molecular weight excluding hydrogens is 250 g/mol. The summed E-state index contributed by atoms with van der Waals surface area (Å²) < 4.78 is 0. The van der Waals surface area contributed by atoms with Crippen LogP contribution in [0.1, 0.15) is 40.5 Å². The third-order valence-corrected chi connectivity index (χ3v) is 3.50. The number of amides is 1. The van der Waals surface area contributed by atoms with Crippen LogP contribution in [0, 0.1) is 0 Å². The Morgan fingerprint density at radius 2 is 2.05 bits per heavy atom. The minimum Gasteiger partial charge on any atom is -0.399 e. The second kappa shape index (κ2) is 7.78. The normalized spacial score (nSPS) is 13.6. The van der Waals surface area contributed by atoms with E-state index < -0.39 is 0 Å². The summed E-state index contributed by atoms with van der Waals surface area (Å²) >= 11 is 0. The number of hydrogen-bond donors (Lipinski definition) is 2. The van der Waals surface area contributed by atoms with Gasteiger partial charge in [0.05, 0.1) is 0 Å². The van der Waals surface area contributed by atoms with Gasteiger partial charge >= 0.3 is 0 Å². The van der Waals surface area contributed by atoms with Crippen molar-refractivity contribution in [2.24, 2.45) is 0 Å². The number of nitrogens with one attached hydrogen (secondary N) is 1. The van der Waals surface area contributed by atoms with Gasteiger partial charge < -0.3 is 16.0 Å². The number of benzene rings is 1. The lowest BCUT2D eigenvalue weighted by Crippen LogP contribution is -2.47. The number of nitrogens with zero attached hydrogens (tertiary/aromatic N) is 1. The zero-order valence-electron chi connectivity index (χ0n) is 13.0. The van der Waals surface area contributed by atoms with Crippen LogP contribution in [0.2, 0.25) is 0 Å². The number of carbonyl (C=O) groups is 1. The zero-order valence-corrected chi connectivity index (χ0v) is 13.0. The molecule has 0 aromatic heterocycles. The molecule has 2 unspecified atom stereocenters. The second-order valence-corrected chi connectivity index (χ2v) is 5.26. The van der Waals surface area contributed by atoms with Crippen molar-refractivity contribution in [1.82, 2.24) is 5.32 Å². The highest BCUT2D eigenvalue weighted by molar-refractivity contribution is 5.85. The molecule has 4 nitrogen and oxygen atoms in total. The van der Waals surface area contributed by atoms with E-state index in [1.807, 2.05) is 45.0 Å². The predicted molar refractivity (Wildman–Crippen MR) is 85.8 cm³/mol. The van der Waals surface area contributed by atoms with E-state index in [4.69, 9.17) is 5.73 Å². The van der Waals surface area contributed by atoms with E-state index in [1.165, 1.54) is 0 Å². The summed E-state index contributed by atoms with van der Waals surface area (Å²) in [5.41, 5.74) is 7.52. The largest absolute Gasteiger partial charge is 0.399 e. The van der Waals surface area contributed by atoms with Gasteiger partial charge in [0.1, 0.15) is 6.04 Å². The van der Waals surface area contributed by atoms with E-state index >= 15 is 0 Å². The van der Waals surface area contributed by atoms with Gasteiger partial charge in [-0.15, -0.1) is 0 Å². The van der Waals surface area contributed by atoms with Gasteiger partial charge in [0.25, 0.3) is 0 Å². The molecule has 0 aliphatic carbocycles. The molecule has 3 N–H and O–H groups in total. The van der Waals surface area contributed by atoms with Crippen molar-refractivity contribution in [3.8, 4) is 0 Å². The van der Waals surface area contributed by atoms with Gasteiger partial charge in [0, 0.05) is 24.0 Å². The summed E-state index contributed by atoms with van der Waals surface area (Å²) in [5, 5.41) is 3.07. The molecule has 0 fully saturated rings. The molecule has 2 atom stereocenters. The summed E-state index contributed by atoms with van der Waals surface area (Å²) in [7, 11) is 0. The first kappa shape index (κ1) is 16.3. The molecule has 1 amide bonds. The van der Waals surface area contributed by atoms with Crippen molar-refractivity contribution in [2.75, 3.05) is 17.2 Å². The van der Waals surface area contributed by atoms with Crippen molar-refractivity contribution in [3.05, 3.63) is 24.3 Å². The predicted octanol–water partition coefficient (Wildman–Crippen LogP) is 2.79. The van der Waals surface area contributed by atoms with Crippen molar-refractivity contribution < 1.29 is 4.79 Å². The van der Waals surface area contributed by atoms with Gasteiger partial charge in [-0.2, -0.15) is 0 Å². The van der Waals surface area contributed by atoms with Crippen LogP contribution in [0.4, 0.5) is 11.4 Å². The first-order chi connectivity index (χ1) is 9.49. The number of carbonyl (C=O) groups excluding carboxylic acids is 1. The van der Waals surface area contributed by atoms with E-state index in [9.17, 15) is 4.79 Å². The number of anilines is 2. The van der Waals surface area contributed by atoms with Crippen molar-refractivity contribution >= 4 is 17.3 Å². The average molecular weight is 277 g/mol. The topological polar surface area (TPSA) is 58.4 Å². The number of nitrogen functional groups attached to an aromatic ring is 1. The van der Waals surface area contributed by atoms with Crippen LogP contribution in [-0.2, 0) is 4.79 Å². The van der Waals surface area contributed by atoms with Gasteiger partial charge in [0.15, 0.2) is 0 Å². The Morgan fingerprint density at radius 1 is 1.35 bits per heavy atom. The van der Waals surface area contributed by atoms with E-state index in [1.54, 1.807) is 0 Å². The van der Waals surface area contributed by atoms with Crippen LogP contribution in [0.3, 0.4) is 0 Å². The third kappa shape index (κ3) is 4.44. The fraction of sp³-hybridized carbons (Fsp3) is 0.562. The Balaban J connectivity index is 2.76. The molecule has 1 aromatic carbocycles. The lowest BCUT2D eigenvalue weighted by Gasteiger charge is -2.30. The van der Waals surface area contributed by atoms with Crippen LogP contribution >= 0.6 is 0 Å². The van der Waals surface area contributed by atoms with E-state index in [0.29, 0.717) is 5.69 Å². The molecular formula is C16H27N3O. The molecule has 0 bridgehead atoms. The lowest BCUT2D eigenvalue weighted by molar-refractivity contribution is -0.122. The Labute approximate surface area is 122 Å². The van der Waals surface area contributed by atoms with Gasteiger partial charge in [-0.25, -0.2) is 0 Å². The minimum atomic E-state index is -0.207. The molecule has 0 heterocycles. The molecule has 0 aliphatic rings. The Morgan fingerprint density at radius 3 is 2.60 bits per heavy atom. The minimum absolute atomic E-state index is 0.0650. The molecule has 0 radical (unpaired) electrons. The maximum atomic E-state index is 12.3. The second-order valence-electron chi connectivity index (χ2n) is 5.26. The molecule has 0 saturated heterocycles. The van der Waals surface area contributed by atoms with Gasteiger partial charge in [-0.1, -0.05) is 19.4 Å². The fourth-order valence-corrected chi connectivity index (χ4v) is 2.39. The first-order valence-electron chi connectivity index (χ1n) is 7.42. The standard InChI is InChI=1S/C16H27N3O/c1-5-8-12(3)18-16(20)13(4)19(6-2)15-10-7-9-14(17)11-15/h7,9-13H,5-6,8,17H2,1-4H3,(H,18,20). The third-order valence-electron chi connectivity index (χ3n) is 3.50.